The third kappa shape index (κ3) is 5.87. The third-order valence-corrected chi connectivity index (χ3v) is 2.99. The Kier molecular flexibility index (Phi) is 7.18. The zero-order chi connectivity index (χ0) is 14.1. The molecule has 0 aliphatic rings. The second kappa shape index (κ2) is 8.69. The van der Waals surface area contributed by atoms with Gasteiger partial charge < -0.3 is 15.5 Å². The van der Waals surface area contributed by atoms with Crippen LogP contribution in [0.1, 0.15) is 32.0 Å². The van der Waals surface area contributed by atoms with E-state index in [-0.39, 0.29) is 0 Å². The lowest BCUT2D eigenvalue weighted by atomic mass is 10.2. The van der Waals surface area contributed by atoms with E-state index >= 15 is 0 Å². The van der Waals surface area contributed by atoms with E-state index in [4.69, 9.17) is 0 Å². The van der Waals surface area contributed by atoms with E-state index in [1.807, 2.05) is 20.0 Å². The van der Waals surface area contributed by atoms with Crippen LogP contribution in [0.2, 0.25) is 0 Å². The Bertz CT molecular complexity index is 367. The predicted molar refractivity (Wildman–Crippen MR) is 82.0 cm³/mol. The Morgan fingerprint density at radius 2 is 2.00 bits per heavy atom. The molecule has 0 fully saturated rings. The van der Waals surface area contributed by atoms with Gasteiger partial charge in [0.2, 0.25) is 0 Å². The fraction of sp³-hybridized carbons (Fsp3) is 0.714. The monoisotopic (exact) mass is 265 g/mol. The molecule has 108 valence electrons. The van der Waals surface area contributed by atoms with Gasteiger partial charge in [0.25, 0.3) is 0 Å². The molecular weight excluding hydrogens is 238 g/mol. The number of hydrogen-bond donors (Lipinski definition) is 2. The molecule has 0 spiro atoms. The van der Waals surface area contributed by atoms with Gasteiger partial charge in [-0.1, -0.05) is 19.8 Å². The van der Waals surface area contributed by atoms with E-state index in [9.17, 15) is 0 Å². The molecule has 0 atom stereocenters. The molecule has 19 heavy (non-hydrogen) atoms. The fourth-order valence-corrected chi connectivity index (χ4v) is 1.87. The van der Waals surface area contributed by atoms with Crippen LogP contribution in [0.4, 0.5) is 11.6 Å². The molecule has 1 heterocycles. The molecule has 0 bridgehead atoms. The van der Waals surface area contributed by atoms with Crippen LogP contribution in [0.5, 0.6) is 0 Å². The molecule has 0 aromatic carbocycles. The molecule has 5 nitrogen and oxygen atoms in total. The van der Waals surface area contributed by atoms with Gasteiger partial charge in [0.05, 0.1) is 0 Å². The van der Waals surface area contributed by atoms with Crippen molar-refractivity contribution in [3.8, 4) is 0 Å². The molecule has 0 amide bonds. The van der Waals surface area contributed by atoms with E-state index in [2.05, 4.69) is 39.5 Å². The first-order valence-corrected chi connectivity index (χ1v) is 7.12. The van der Waals surface area contributed by atoms with Gasteiger partial charge in [-0.15, -0.1) is 0 Å². The largest absolute Gasteiger partial charge is 0.369 e. The van der Waals surface area contributed by atoms with Crippen LogP contribution in [-0.4, -0.2) is 43.7 Å². The van der Waals surface area contributed by atoms with E-state index in [0.29, 0.717) is 0 Å². The molecule has 1 aromatic heterocycles. The minimum atomic E-state index is 0.812. The summed E-state index contributed by atoms with van der Waals surface area (Å²) in [4.78, 5) is 11.1. The summed E-state index contributed by atoms with van der Waals surface area (Å²) in [6.45, 7) is 6.99. The average molecular weight is 265 g/mol. The van der Waals surface area contributed by atoms with Crippen molar-refractivity contribution in [2.24, 2.45) is 0 Å². The van der Waals surface area contributed by atoms with Crippen molar-refractivity contribution in [1.29, 1.82) is 0 Å². The smallest absolute Gasteiger partial charge is 0.134 e. The van der Waals surface area contributed by atoms with E-state index in [1.54, 1.807) is 0 Å². The van der Waals surface area contributed by atoms with Crippen LogP contribution in [0, 0.1) is 6.92 Å². The predicted octanol–water partition coefficient (Wildman–Crippen LogP) is 2.04. The van der Waals surface area contributed by atoms with Crippen molar-refractivity contribution < 1.29 is 0 Å². The number of anilines is 2. The molecule has 0 aliphatic heterocycles. The Labute approximate surface area is 116 Å². The van der Waals surface area contributed by atoms with Gasteiger partial charge in [-0.3, -0.25) is 0 Å². The molecule has 2 N–H and O–H groups in total. The molecular formula is C14H27N5. The lowest BCUT2D eigenvalue weighted by Gasteiger charge is -2.19. The van der Waals surface area contributed by atoms with Crippen molar-refractivity contribution in [3.05, 3.63) is 11.9 Å². The minimum absolute atomic E-state index is 0.812. The van der Waals surface area contributed by atoms with Crippen molar-refractivity contribution in [2.75, 3.05) is 43.9 Å². The molecule has 0 radical (unpaired) electrons. The molecule has 0 saturated heterocycles. The maximum absolute atomic E-state index is 4.50. The summed E-state index contributed by atoms with van der Waals surface area (Å²) in [6, 6.07) is 2.02. The maximum Gasteiger partial charge on any atom is 0.134 e. The SMILES string of the molecule is CCCCCN(C)c1cc(NCCNC)nc(C)n1. The molecule has 1 rings (SSSR count). The fourth-order valence-electron chi connectivity index (χ4n) is 1.87. The molecule has 0 saturated carbocycles. The highest BCUT2D eigenvalue weighted by atomic mass is 15.2. The van der Waals surface area contributed by atoms with Gasteiger partial charge in [0.1, 0.15) is 17.5 Å². The topological polar surface area (TPSA) is 53.1 Å². The first-order chi connectivity index (χ1) is 9.17. The Hall–Kier alpha value is -1.36. The van der Waals surface area contributed by atoms with Gasteiger partial charge in [-0.2, -0.15) is 0 Å². The lowest BCUT2D eigenvalue weighted by molar-refractivity contribution is 0.700. The lowest BCUT2D eigenvalue weighted by Crippen LogP contribution is -2.22. The normalized spacial score (nSPS) is 10.5. The number of likely N-dealkylation sites (N-methyl/N-ethyl adjacent to an activating group) is 1. The van der Waals surface area contributed by atoms with Gasteiger partial charge in [0, 0.05) is 32.7 Å². The highest BCUT2D eigenvalue weighted by Gasteiger charge is 2.06. The second-order valence-corrected chi connectivity index (χ2v) is 4.82. The minimum Gasteiger partial charge on any atom is -0.369 e. The van der Waals surface area contributed by atoms with Crippen LogP contribution >= 0.6 is 0 Å². The Balaban J connectivity index is 2.61. The van der Waals surface area contributed by atoms with Crippen LogP contribution in [0.15, 0.2) is 6.07 Å². The molecule has 5 heteroatoms. The summed E-state index contributed by atoms with van der Waals surface area (Å²) in [5.41, 5.74) is 0. The summed E-state index contributed by atoms with van der Waals surface area (Å²) in [5.74, 6) is 2.71. The highest BCUT2D eigenvalue weighted by Crippen LogP contribution is 2.15. The second-order valence-electron chi connectivity index (χ2n) is 4.82. The van der Waals surface area contributed by atoms with Gasteiger partial charge in [-0.25, -0.2) is 9.97 Å². The number of hydrogen-bond acceptors (Lipinski definition) is 5. The van der Waals surface area contributed by atoms with Crippen LogP contribution < -0.4 is 15.5 Å². The summed E-state index contributed by atoms with van der Waals surface area (Å²) in [5, 5.41) is 6.42. The van der Waals surface area contributed by atoms with Crippen molar-refractivity contribution in [3.63, 3.8) is 0 Å². The molecule has 0 unspecified atom stereocenters. The standard InChI is InChI=1S/C14H27N5/c1-5-6-7-10-19(4)14-11-13(16-9-8-15-3)17-12(2)18-14/h11,15H,5-10H2,1-4H3,(H,16,17,18). The number of aryl methyl sites for hydroxylation is 1. The zero-order valence-corrected chi connectivity index (χ0v) is 12.7. The van der Waals surface area contributed by atoms with Gasteiger partial charge in [-0.05, 0) is 20.4 Å². The van der Waals surface area contributed by atoms with E-state index in [1.165, 1.54) is 19.3 Å². The maximum atomic E-state index is 4.50. The summed E-state index contributed by atoms with van der Waals surface area (Å²) < 4.78 is 0. The number of aromatic nitrogens is 2. The van der Waals surface area contributed by atoms with Gasteiger partial charge in [0.15, 0.2) is 0 Å². The number of unbranched alkanes of at least 4 members (excludes halogenated alkanes) is 2. The van der Waals surface area contributed by atoms with Crippen LogP contribution in [0.3, 0.4) is 0 Å². The summed E-state index contributed by atoms with van der Waals surface area (Å²) in [6.07, 6.45) is 3.72. The Morgan fingerprint density at radius 3 is 2.68 bits per heavy atom. The Morgan fingerprint density at radius 1 is 1.21 bits per heavy atom. The van der Waals surface area contributed by atoms with Gasteiger partial charge >= 0.3 is 0 Å². The number of rotatable bonds is 9. The average Bonchev–Trinajstić information content (AvgIpc) is 2.38. The first-order valence-electron chi connectivity index (χ1n) is 7.12. The summed E-state index contributed by atoms with van der Waals surface area (Å²) >= 11 is 0. The molecule has 1 aromatic rings. The molecule has 0 aliphatic carbocycles. The van der Waals surface area contributed by atoms with Crippen LogP contribution in [-0.2, 0) is 0 Å². The van der Waals surface area contributed by atoms with E-state index < -0.39 is 0 Å². The zero-order valence-electron chi connectivity index (χ0n) is 12.7. The number of nitrogens with one attached hydrogen (secondary N) is 2. The number of nitrogens with zero attached hydrogens (tertiary/aromatic N) is 3. The van der Waals surface area contributed by atoms with Crippen molar-refractivity contribution in [2.45, 2.75) is 33.1 Å². The van der Waals surface area contributed by atoms with Crippen molar-refractivity contribution >= 4 is 11.6 Å². The quantitative estimate of drug-likeness (QED) is 0.669. The highest BCUT2D eigenvalue weighted by molar-refractivity contribution is 5.48. The van der Waals surface area contributed by atoms with Crippen LogP contribution in [0.25, 0.3) is 0 Å². The van der Waals surface area contributed by atoms with Crippen molar-refractivity contribution in [1.82, 2.24) is 15.3 Å². The first kappa shape index (κ1) is 15.7. The van der Waals surface area contributed by atoms with E-state index in [0.717, 1.165) is 37.1 Å². The third-order valence-electron chi connectivity index (χ3n) is 2.99. The summed E-state index contributed by atoms with van der Waals surface area (Å²) in [7, 11) is 4.04.